The summed E-state index contributed by atoms with van der Waals surface area (Å²) < 4.78 is 0. The van der Waals surface area contributed by atoms with Crippen molar-refractivity contribution in [3.8, 4) is 22.5 Å². The van der Waals surface area contributed by atoms with Gasteiger partial charge < -0.3 is 4.98 Å². The van der Waals surface area contributed by atoms with Gasteiger partial charge in [-0.05, 0) is 49.9 Å². The molecule has 0 radical (unpaired) electrons. The molecule has 1 aliphatic rings. The van der Waals surface area contributed by atoms with Gasteiger partial charge >= 0.3 is 0 Å². The maximum atomic E-state index is 13.7. The highest BCUT2D eigenvalue weighted by Gasteiger charge is 2.25. The molecule has 194 valence electrons. The zero-order valence-corrected chi connectivity index (χ0v) is 23.1. The Hall–Kier alpha value is -4.09. The van der Waals surface area contributed by atoms with E-state index in [2.05, 4.69) is 104 Å². The molecule has 6 rings (SSSR count). The van der Waals surface area contributed by atoms with Crippen LogP contribution in [0, 0.1) is 13.8 Å². The molecule has 1 aromatic heterocycles. The molecule has 0 aliphatic carbocycles. The number of nitrogens with zero attached hydrogens (tertiary/aromatic N) is 2. The van der Waals surface area contributed by atoms with Crippen LogP contribution in [0.2, 0.25) is 0 Å². The summed E-state index contributed by atoms with van der Waals surface area (Å²) >= 11 is 1.60. The van der Waals surface area contributed by atoms with Crippen molar-refractivity contribution in [2.24, 2.45) is 0 Å². The topological polar surface area (TPSA) is 49.0 Å². The number of imidazole rings is 1. The first-order chi connectivity index (χ1) is 19.1. The molecule has 0 spiro atoms. The van der Waals surface area contributed by atoms with Crippen LogP contribution in [-0.2, 0) is 17.6 Å². The molecule has 5 aromatic rings. The lowest BCUT2D eigenvalue weighted by Gasteiger charge is -2.25. The number of para-hydroxylation sites is 2. The largest absolute Gasteiger partial charge is 0.332 e. The lowest BCUT2D eigenvalue weighted by molar-refractivity contribution is -0.117. The fraction of sp³-hybridized carbons (Fsp3) is 0.176. The quantitative estimate of drug-likeness (QED) is 0.225. The number of thioether (sulfide) groups is 1. The second-order valence-corrected chi connectivity index (χ2v) is 11.2. The third kappa shape index (κ3) is 5.27. The molecular weight excluding hydrogens is 498 g/mol. The third-order valence-corrected chi connectivity index (χ3v) is 8.16. The zero-order chi connectivity index (χ0) is 26.8. The molecule has 0 bridgehead atoms. The van der Waals surface area contributed by atoms with Crippen molar-refractivity contribution >= 4 is 29.0 Å². The van der Waals surface area contributed by atoms with Crippen molar-refractivity contribution in [1.82, 2.24) is 9.97 Å². The van der Waals surface area contributed by atoms with Crippen LogP contribution in [0.4, 0.5) is 11.4 Å². The molecule has 1 N–H and O–H groups in total. The van der Waals surface area contributed by atoms with Crippen LogP contribution >= 0.6 is 11.8 Å². The molecule has 0 saturated heterocycles. The average Bonchev–Trinajstić information content (AvgIpc) is 3.30. The van der Waals surface area contributed by atoms with Crippen LogP contribution in [0.3, 0.4) is 0 Å². The van der Waals surface area contributed by atoms with E-state index in [1.54, 1.807) is 11.8 Å². The van der Waals surface area contributed by atoms with E-state index in [1.807, 2.05) is 17.0 Å². The summed E-state index contributed by atoms with van der Waals surface area (Å²) in [5.74, 6) is 0.738. The molecule has 4 aromatic carbocycles. The smallest absolute Gasteiger partial charge is 0.232 e. The number of fused-ring (bicyclic) bond motifs is 2. The Morgan fingerprint density at radius 2 is 1.31 bits per heavy atom. The van der Waals surface area contributed by atoms with Crippen LogP contribution in [-0.4, -0.2) is 21.6 Å². The molecule has 2 heterocycles. The molecule has 0 atom stereocenters. The summed E-state index contributed by atoms with van der Waals surface area (Å²) in [5, 5.41) is 0.825. The number of aromatic amines is 1. The number of aryl methyl sites for hydroxylation is 4. The SMILES string of the molecule is Cc1ccc(-c2nc(SCCC(=O)N3c4ccccc4CCc4ccccc43)[nH]c2-c2ccc(C)cc2)cc1. The lowest BCUT2D eigenvalue weighted by atomic mass is 10.0. The number of carbonyl (C=O) groups excluding carboxylic acids is 1. The molecule has 0 fully saturated rings. The Kier molecular flexibility index (Phi) is 7.08. The van der Waals surface area contributed by atoms with Gasteiger partial charge in [0.25, 0.3) is 0 Å². The highest BCUT2D eigenvalue weighted by atomic mass is 32.2. The lowest BCUT2D eigenvalue weighted by Crippen LogP contribution is -2.27. The van der Waals surface area contributed by atoms with Crippen LogP contribution in [0.25, 0.3) is 22.5 Å². The van der Waals surface area contributed by atoms with Gasteiger partial charge in [0, 0.05) is 23.3 Å². The minimum atomic E-state index is 0.105. The van der Waals surface area contributed by atoms with Crippen LogP contribution in [0.5, 0.6) is 0 Å². The van der Waals surface area contributed by atoms with Crippen molar-refractivity contribution in [2.75, 3.05) is 10.7 Å². The molecule has 1 aliphatic heterocycles. The molecule has 5 heteroatoms. The molecular formula is C34H31N3OS. The first-order valence-electron chi connectivity index (χ1n) is 13.4. The van der Waals surface area contributed by atoms with Gasteiger partial charge in [0.1, 0.15) is 0 Å². The number of H-pyrrole nitrogens is 1. The van der Waals surface area contributed by atoms with Gasteiger partial charge in [-0.3, -0.25) is 9.69 Å². The number of hydrogen-bond acceptors (Lipinski definition) is 3. The highest BCUT2D eigenvalue weighted by molar-refractivity contribution is 7.99. The van der Waals surface area contributed by atoms with E-state index in [0.29, 0.717) is 12.2 Å². The highest BCUT2D eigenvalue weighted by Crippen LogP contribution is 2.37. The summed E-state index contributed by atoms with van der Waals surface area (Å²) in [7, 11) is 0. The van der Waals surface area contributed by atoms with Crippen molar-refractivity contribution in [2.45, 2.75) is 38.3 Å². The monoisotopic (exact) mass is 529 g/mol. The maximum absolute atomic E-state index is 13.7. The molecule has 4 nitrogen and oxygen atoms in total. The van der Waals surface area contributed by atoms with Gasteiger partial charge in [-0.2, -0.15) is 0 Å². The van der Waals surface area contributed by atoms with Crippen LogP contribution in [0.1, 0.15) is 28.7 Å². The summed E-state index contributed by atoms with van der Waals surface area (Å²) in [6.45, 7) is 4.19. The first kappa shape index (κ1) is 25.2. The number of aromatic nitrogens is 2. The third-order valence-electron chi connectivity index (χ3n) is 7.28. The molecule has 1 amide bonds. The number of benzene rings is 4. The Morgan fingerprint density at radius 3 is 1.90 bits per heavy atom. The number of nitrogens with one attached hydrogen (secondary N) is 1. The predicted octanol–water partition coefficient (Wildman–Crippen LogP) is 8.31. The van der Waals surface area contributed by atoms with Crippen molar-refractivity contribution < 1.29 is 4.79 Å². The zero-order valence-electron chi connectivity index (χ0n) is 22.3. The summed E-state index contributed by atoms with van der Waals surface area (Å²) in [4.78, 5) is 24.2. The molecule has 39 heavy (non-hydrogen) atoms. The van der Waals surface area contributed by atoms with Crippen molar-refractivity contribution in [3.63, 3.8) is 0 Å². The maximum Gasteiger partial charge on any atom is 0.232 e. The van der Waals surface area contributed by atoms with Crippen LogP contribution in [0.15, 0.2) is 102 Å². The van der Waals surface area contributed by atoms with E-state index >= 15 is 0 Å². The second kappa shape index (κ2) is 11.0. The van der Waals surface area contributed by atoms with E-state index in [0.717, 1.165) is 51.9 Å². The normalized spacial score (nSPS) is 12.5. The minimum absolute atomic E-state index is 0.105. The van der Waals surface area contributed by atoms with Gasteiger partial charge in [-0.15, -0.1) is 0 Å². The van der Waals surface area contributed by atoms with Crippen LogP contribution < -0.4 is 4.90 Å². The standard InChI is InChI=1S/C34H31N3OS/c1-23-11-15-27(16-12-23)32-33(28-17-13-24(2)14-18-28)36-34(35-32)39-22-21-31(38)37-29-9-5-3-7-25(29)19-20-26-8-4-6-10-30(26)37/h3-18H,19-22H2,1-2H3,(H,35,36). The fourth-order valence-corrected chi connectivity index (χ4v) is 5.96. The number of carbonyl (C=O) groups is 1. The van der Waals surface area contributed by atoms with Gasteiger partial charge in [-0.25, -0.2) is 4.98 Å². The minimum Gasteiger partial charge on any atom is -0.332 e. The van der Waals surface area contributed by atoms with E-state index in [1.165, 1.54) is 22.3 Å². The average molecular weight is 530 g/mol. The molecule has 0 unspecified atom stereocenters. The number of amides is 1. The van der Waals surface area contributed by atoms with Gasteiger partial charge in [0.05, 0.1) is 22.8 Å². The fourth-order valence-electron chi connectivity index (χ4n) is 5.16. The van der Waals surface area contributed by atoms with E-state index < -0.39 is 0 Å². The second-order valence-electron chi connectivity index (χ2n) is 10.1. The Morgan fingerprint density at radius 1 is 0.769 bits per heavy atom. The number of hydrogen-bond donors (Lipinski definition) is 1. The Bertz CT molecular complexity index is 1510. The van der Waals surface area contributed by atoms with Crippen molar-refractivity contribution in [3.05, 3.63) is 119 Å². The summed E-state index contributed by atoms with van der Waals surface area (Å²) in [6, 6.07) is 33.5. The van der Waals surface area contributed by atoms with Crippen molar-refractivity contribution in [1.29, 1.82) is 0 Å². The number of anilines is 2. The van der Waals surface area contributed by atoms with Gasteiger partial charge in [-0.1, -0.05) is 108 Å². The molecule has 0 saturated carbocycles. The predicted molar refractivity (Wildman–Crippen MR) is 162 cm³/mol. The first-order valence-corrected chi connectivity index (χ1v) is 14.4. The Balaban J connectivity index is 1.25. The summed E-state index contributed by atoms with van der Waals surface area (Å²) in [5.41, 5.74) is 11.0. The van der Waals surface area contributed by atoms with Gasteiger partial charge in [0.15, 0.2) is 5.16 Å². The van der Waals surface area contributed by atoms with Gasteiger partial charge in [0.2, 0.25) is 5.91 Å². The Labute approximate surface area is 234 Å². The van der Waals surface area contributed by atoms with E-state index in [4.69, 9.17) is 4.98 Å². The van der Waals surface area contributed by atoms with E-state index in [9.17, 15) is 4.79 Å². The van der Waals surface area contributed by atoms with E-state index in [-0.39, 0.29) is 5.91 Å². The summed E-state index contributed by atoms with van der Waals surface area (Å²) in [6.07, 6.45) is 2.27. The number of rotatable bonds is 6.